The lowest BCUT2D eigenvalue weighted by Gasteiger charge is -2.25. The summed E-state index contributed by atoms with van der Waals surface area (Å²) in [6.07, 6.45) is -0.891. The van der Waals surface area contributed by atoms with Crippen LogP contribution in [-0.2, 0) is 14.3 Å². The Labute approximate surface area is 173 Å². The molecule has 8 nitrogen and oxygen atoms in total. The van der Waals surface area contributed by atoms with E-state index in [2.05, 4.69) is 15.6 Å². The maximum Gasteiger partial charge on any atom is 0.343 e. The topological polar surface area (TPSA) is 98.2 Å². The van der Waals surface area contributed by atoms with E-state index in [-0.39, 0.29) is 24.6 Å². The predicted octanol–water partition coefficient (Wildman–Crippen LogP) is 2.94. The molecule has 0 aliphatic carbocycles. The maximum absolute atomic E-state index is 12.9. The number of fused-ring (bicyclic) bond motifs is 2. The molecule has 4 rings (SSSR count). The summed E-state index contributed by atoms with van der Waals surface area (Å²) < 4.78 is 16.6. The van der Waals surface area contributed by atoms with E-state index in [0.717, 1.165) is 0 Å². The highest BCUT2D eigenvalue weighted by Crippen LogP contribution is 2.32. The minimum Gasteiger partial charge on any atom is -0.485 e. The van der Waals surface area contributed by atoms with Crippen molar-refractivity contribution < 1.29 is 23.8 Å². The fourth-order valence-electron chi connectivity index (χ4n) is 3.18. The van der Waals surface area contributed by atoms with Crippen LogP contribution in [0.5, 0.6) is 11.5 Å². The predicted molar refractivity (Wildman–Crippen MR) is 111 cm³/mol. The van der Waals surface area contributed by atoms with Crippen molar-refractivity contribution >= 4 is 29.1 Å². The second-order valence-electron chi connectivity index (χ2n) is 6.68. The number of hydrogen-bond donors (Lipinski definition) is 2. The maximum atomic E-state index is 12.9. The van der Waals surface area contributed by atoms with E-state index in [1.165, 1.54) is 0 Å². The number of nitrogens with one attached hydrogen (secondary N) is 2. The molecule has 1 amide bonds. The average Bonchev–Trinajstić information content (AvgIpc) is 2.88. The van der Waals surface area contributed by atoms with Gasteiger partial charge in [0, 0.05) is 5.70 Å². The van der Waals surface area contributed by atoms with Gasteiger partial charge in [-0.2, -0.15) is 0 Å². The van der Waals surface area contributed by atoms with Crippen LogP contribution < -0.4 is 20.1 Å². The van der Waals surface area contributed by atoms with E-state index in [4.69, 9.17) is 14.2 Å². The van der Waals surface area contributed by atoms with E-state index in [9.17, 15) is 9.59 Å². The van der Waals surface area contributed by atoms with Gasteiger partial charge in [0.1, 0.15) is 18.0 Å². The molecule has 2 aromatic carbocycles. The highest BCUT2D eigenvalue weighted by Gasteiger charge is 2.31. The van der Waals surface area contributed by atoms with Crippen molar-refractivity contribution in [3.05, 3.63) is 59.8 Å². The Morgan fingerprint density at radius 3 is 2.70 bits per heavy atom. The Morgan fingerprint density at radius 2 is 1.90 bits per heavy atom. The molecule has 30 heavy (non-hydrogen) atoms. The number of esters is 1. The number of carbonyl (C=O) groups excluding carboxylic acids is 2. The van der Waals surface area contributed by atoms with Crippen LogP contribution in [0.3, 0.4) is 0 Å². The molecule has 0 saturated carbocycles. The first-order valence-electron chi connectivity index (χ1n) is 9.59. The third-order valence-corrected chi connectivity index (χ3v) is 4.59. The summed E-state index contributed by atoms with van der Waals surface area (Å²) in [4.78, 5) is 30.1. The van der Waals surface area contributed by atoms with Crippen molar-refractivity contribution in [2.45, 2.75) is 20.0 Å². The Bertz CT molecular complexity index is 1060. The molecule has 2 aliphatic rings. The number of rotatable bonds is 3. The minimum absolute atomic E-state index is 0.0440. The SMILES string of the molecule is CCOC(=O)C1=C(C)Nc2ccccc2N=C1NC(=O)C1COc2ccccc2O1. The van der Waals surface area contributed by atoms with Gasteiger partial charge in [0.2, 0.25) is 6.10 Å². The molecule has 0 aromatic heterocycles. The molecular weight excluding hydrogens is 386 g/mol. The summed E-state index contributed by atoms with van der Waals surface area (Å²) in [6, 6.07) is 14.4. The molecule has 1 unspecified atom stereocenters. The average molecular weight is 407 g/mol. The standard InChI is InChI=1S/C22H21N3O5/c1-3-28-22(27)19-13(2)23-14-8-4-5-9-15(14)24-20(19)25-21(26)18-12-29-16-10-6-7-11-17(16)30-18/h4-11,18,23H,3,12H2,1-2H3,(H,24,25,26). The number of carbonyl (C=O) groups is 2. The monoisotopic (exact) mass is 407 g/mol. The van der Waals surface area contributed by atoms with E-state index in [1.807, 2.05) is 24.3 Å². The van der Waals surface area contributed by atoms with Crippen molar-refractivity contribution in [3.8, 4) is 11.5 Å². The third-order valence-electron chi connectivity index (χ3n) is 4.59. The van der Waals surface area contributed by atoms with Gasteiger partial charge in [0.05, 0.1) is 18.0 Å². The Morgan fingerprint density at radius 1 is 1.17 bits per heavy atom. The summed E-state index contributed by atoms with van der Waals surface area (Å²) >= 11 is 0. The van der Waals surface area contributed by atoms with Gasteiger partial charge in [-0.25, -0.2) is 9.79 Å². The van der Waals surface area contributed by atoms with Crippen LogP contribution in [0.15, 0.2) is 64.8 Å². The van der Waals surface area contributed by atoms with E-state index in [0.29, 0.717) is 28.6 Å². The van der Waals surface area contributed by atoms with Gasteiger partial charge in [-0.3, -0.25) is 4.79 Å². The van der Waals surface area contributed by atoms with Crippen molar-refractivity contribution in [3.63, 3.8) is 0 Å². The smallest absolute Gasteiger partial charge is 0.343 e. The lowest BCUT2D eigenvalue weighted by atomic mass is 10.1. The molecule has 0 saturated heterocycles. The zero-order valence-corrected chi connectivity index (χ0v) is 16.6. The van der Waals surface area contributed by atoms with Gasteiger partial charge < -0.3 is 24.8 Å². The molecule has 8 heteroatoms. The number of allylic oxidation sites excluding steroid dienone is 1. The van der Waals surface area contributed by atoms with Gasteiger partial charge in [0.25, 0.3) is 5.91 Å². The number of amidine groups is 1. The number of nitrogens with zero attached hydrogens (tertiary/aromatic N) is 1. The van der Waals surface area contributed by atoms with Crippen LogP contribution in [0.25, 0.3) is 0 Å². The summed E-state index contributed by atoms with van der Waals surface area (Å²) in [7, 11) is 0. The summed E-state index contributed by atoms with van der Waals surface area (Å²) in [6.45, 7) is 3.68. The Kier molecular flexibility index (Phi) is 5.38. The number of benzene rings is 2. The van der Waals surface area contributed by atoms with E-state index < -0.39 is 18.0 Å². The second-order valence-corrected chi connectivity index (χ2v) is 6.68. The van der Waals surface area contributed by atoms with Gasteiger partial charge in [-0.15, -0.1) is 0 Å². The van der Waals surface area contributed by atoms with Crippen molar-refractivity contribution in [2.24, 2.45) is 4.99 Å². The molecule has 154 valence electrons. The highest BCUT2D eigenvalue weighted by atomic mass is 16.6. The fourth-order valence-corrected chi connectivity index (χ4v) is 3.18. The third kappa shape index (κ3) is 3.84. The molecule has 0 radical (unpaired) electrons. The quantitative estimate of drug-likeness (QED) is 0.760. The summed E-state index contributed by atoms with van der Waals surface area (Å²) in [5.74, 6) is 0.0964. The van der Waals surface area contributed by atoms with Crippen LogP contribution in [0.2, 0.25) is 0 Å². The number of aliphatic imine (C=N–C) groups is 1. The zero-order valence-electron chi connectivity index (χ0n) is 16.6. The van der Waals surface area contributed by atoms with E-state index >= 15 is 0 Å². The molecular formula is C22H21N3O5. The van der Waals surface area contributed by atoms with Crippen LogP contribution in [0.4, 0.5) is 11.4 Å². The molecule has 2 N–H and O–H groups in total. The molecule has 0 spiro atoms. The van der Waals surface area contributed by atoms with E-state index in [1.54, 1.807) is 38.1 Å². The normalized spacial score (nSPS) is 17.1. The Hall–Kier alpha value is -3.81. The zero-order chi connectivity index (χ0) is 21.1. The number of amides is 1. The number of anilines is 1. The number of hydrogen-bond acceptors (Lipinski definition) is 7. The first-order valence-corrected chi connectivity index (χ1v) is 9.59. The molecule has 2 aliphatic heterocycles. The van der Waals surface area contributed by atoms with Crippen LogP contribution in [0, 0.1) is 0 Å². The van der Waals surface area contributed by atoms with Crippen molar-refractivity contribution in [1.82, 2.24) is 5.32 Å². The molecule has 2 heterocycles. The first kappa shape index (κ1) is 19.5. The number of ether oxygens (including phenoxy) is 3. The lowest BCUT2D eigenvalue weighted by molar-refractivity contribution is -0.137. The van der Waals surface area contributed by atoms with Crippen LogP contribution in [0.1, 0.15) is 13.8 Å². The molecule has 0 fully saturated rings. The molecule has 1 atom stereocenters. The summed E-state index contributed by atoms with van der Waals surface area (Å²) in [5, 5.41) is 5.89. The largest absolute Gasteiger partial charge is 0.485 e. The summed E-state index contributed by atoms with van der Waals surface area (Å²) in [5.41, 5.74) is 1.96. The van der Waals surface area contributed by atoms with Gasteiger partial charge in [0.15, 0.2) is 11.5 Å². The minimum atomic E-state index is -0.891. The van der Waals surface area contributed by atoms with Crippen LogP contribution >= 0.6 is 0 Å². The number of para-hydroxylation sites is 4. The van der Waals surface area contributed by atoms with Crippen molar-refractivity contribution in [2.75, 3.05) is 18.5 Å². The van der Waals surface area contributed by atoms with Crippen LogP contribution in [-0.4, -0.2) is 37.0 Å². The molecule has 0 bridgehead atoms. The van der Waals surface area contributed by atoms with Gasteiger partial charge in [-0.05, 0) is 38.1 Å². The first-order chi connectivity index (χ1) is 14.6. The molecule has 2 aromatic rings. The highest BCUT2D eigenvalue weighted by molar-refractivity contribution is 6.24. The Balaban J connectivity index is 1.64. The van der Waals surface area contributed by atoms with Crippen molar-refractivity contribution in [1.29, 1.82) is 0 Å². The lowest BCUT2D eigenvalue weighted by Crippen LogP contribution is -2.47. The van der Waals surface area contributed by atoms with Gasteiger partial charge in [-0.1, -0.05) is 24.3 Å². The second kappa shape index (κ2) is 8.28. The fraction of sp³-hybridized carbons (Fsp3) is 0.227. The van der Waals surface area contributed by atoms with Gasteiger partial charge >= 0.3 is 5.97 Å².